The zero-order valence-corrected chi connectivity index (χ0v) is 16.3. The highest BCUT2D eigenvalue weighted by atomic mass is 35.5. The molecule has 1 fully saturated rings. The highest BCUT2D eigenvalue weighted by Crippen LogP contribution is 2.28. The van der Waals surface area contributed by atoms with Gasteiger partial charge in [-0.25, -0.2) is 0 Å². The van der Waals surface area contributed by atoms with Gasteiger partial charge in [0.25, 0.3) is 0 Å². The maximum atomic E-state index is 6.03. The molecule has 0 aliphatic carbocycles. The van der Waals surface area contributed by atoms with Crippen LogP contribution in [0.2, 0.25) is 5.02 Å². The Morgan fingerprint density at radius 3 is 2.38 bits per heavy atom. The molecule has 4 rings (SSSR count). The molecule has 2 aromatic carbocycles. The molecule has 0 amide bonds. The number of likely N-dealkylation sites (tertiary alicyclic amines) is 1. The topological polar surface area (TPSA) is 8.17 Å². The fraction of sp³-hybridized carbons (Fsp3) is 0.391. The van der Waals surface area contributed by atoms with Crippen molar-refractivity contribution in [1.82, 2.24) is 9.47 Å². The van der Waals surface area contributed by atoms with Gasteiger partial charge in [0.2, 0.25) is 0 Å². The second-order valence-electron chi connectivity index (χ2n) is 7.46. The molecule has 1 aromatic heterocycles. The lowest BCUT2D eigenvalue weighted by Crippen LogP contribution is -2.29. The van der Waals surface area contributed by atoms with Gasteiger partial charge in [-0.05, 0) is 68.1 Å². The normalized spacial score (nSPS) is 15.6. The molecular weight excluding hydrogens is 340 g/mol. The lowest BCUT2D eigenvalue weighted by molar-refractivity contribution is 0.221. The second-order valence-corrected chi connectivity index (χ2v) is 7.90. The van der Waals surface area contributed by atoms with Gasteiger partial charge < -0.3 is 4.57 Å². The van der Waals surface area contributed by atoms with Crippen LogP contribution in [0.5, 0.6) is 0 Å². The predicted molar refractivity (Wildman–Crippen MR) is 111 cm³/mol. The first kappa shape index (κ1) is 17.6. The van der Waals surface area contributed by atoms with Gasteiger partial charge in [0.15, 0.2) is 0 Å². The molecule has 1 aliphatic rings. The van der Waals surface area contributed by atoms with E-state index in [2.05, 4.69) is 52.9 Å². The van der Waals surface area contributed by atoms with Crippen molar-refractivity contribution in [2.24, 2.45) is 7.05 Å². The molecule has 3 heteroatoms. The van der Waals surface area contributed by atoms with Crippen molar-refractivity contribution in [1.29, 1.82) is 0 Å². The summed E-state index contributed by atoms with van der Waals surface area (Å²) in [5, 5.41) is 2.23. The monoisotopic (exact) mass is 366 g/mol. The van der Waals surface area contributed by atoms with E-state index in [1.807, 2.05) is 12.1 Å². The Kier molecular flexibility index (Phi) is 5.33. The van der Waals surface area contributed by atoms with Gasteiger partial charge in [0, 0.05) is 35.2 Å². The summed E-state index contributed by atoms with van der Waals surface area (Å²) in [6, 6.07) is 17.1. The third-order valence-electron chi connectivity index (χ3n) is 5.74. The standard InChI is InChI=1S/C23H27ClN2/c1-25-22-8-4-3-7-20(22)21(17-26-15-5-2-6-16-26)23(25)14-11-18-9-12-19(24)13-10-18/h3-4,7-10,12-13H,2,5-6,11,14-17H2,1H3. The predicted octanol–water partition coefficient (Wildman–Crippen LogP) is 5.60. The van der Waals surface area contributed by atoms with E-state index < -0.39 is 0 Å². The number of piperidine rings is 1. The van der Waals surface area contributed by atoms with E-state index in [-0.39, 0.29) is 0 Å². The Bertz CT molecular complexity index is 873. The van der Waals surface area contributed by atoms with Crippen LogP contribution in [-0.4, -0.2) is 22.6 Å². The zero-order chi connectivity index (χ0) is 17.9. The summed E-state index contributed by atoms with van der Waals surface area (Å²) in [6.07, 6.45) is 6.18. The van der Waals surface area contributed by atoms with Crippen LogP contribution in [0.15, 0.2) is 48.5 Å². The van der Waals surface area contributed by atoms with Crippen LogP contribution >= 0.6 is 11.6 Å². The Morgan fingerprint density at radius 2 is 1.62 bits per heavy atom. The SMILES string of the molecule is Cn1c(CCc2ccc(Cl)cc2)c(CN2CCCCC2)c2ccccc21. The molecular formula is C23H27ClN2. The Hall–Kier alpha value is -1.77. The number of halogens is 1. The van der Waals surface area contributed by atoms with Gasteiger partial charge in [-0.15, -0.1) is 0 Å². The summed E-state index contributed by atoms with van der Waals surface area (Å²) in [5.41, 5.74) is 5.71. The summed E-state index contributed by atoms with van der Waals surface area (Å²) >= 11 is 6.03. The van der Waals surface area contributed by atoms with E-state index in [4.69, 9.17) is 11.6 Å². The minimum absolute atomic E-state index is 0.809. The number of para-hydroxylation sites is 1. The summed E-state index contributed by atoms with van der Waals surface area (Å²) in [6.45, 7) is 3.55. The fourth-order valence-corrected chi connectivity index (χ4v) is 4.40. The number of rotatable bonds is 5. The minimum atomic E-state index is 0.809. The molecule has 0 radical (unpaired) electrons. The van der Waals surface area contributed by atoms with Gasteiger partial charge >= 0.3 is 0 Å². The first-order valence-electron chi connectivity index (χ1n) is 9.74. The molecule has 1 saturated heterocycles. The van der Waals surface area contributed by atoms with Crippen molar-refractivity contribution in [2.45, 2.75) is 38.6 Å². The average molecular weight is 367 g/mol. The second kappa shape index (κ2) is 7.85. The smallest absolute Gasteiger partial charge is 0.0483 e. The Balaban J connectivity index is 1.64. The molecule has 0 unspecified atom stereocenters. The molecule has 2 heterocycles. The first-order valence-corrected chi connectivity index (χ1v) is 10.1. The number of hydrogen-bond donors (Lipinski definition) is 0. The molecule has 1 aliphatic heterocycles. The molecule has 0 N–H and O–H groups in total. The van der Waals surface area contributed by atoms with E-state index in [1.54, 1.807) is 0 Å². The molecule has 0 bridgehead atoms. The lowest BCUT2D eigenvalue weighted by Gasteiger charge is -2.27. The average Bonchev–Trinajstić information content (AvgIpc) is 2.94. The van der Waals surface area contributed by atoms with E-state index in [9.17, 15) is 0 Å². The van der Waals surface area contributed by atoms with Crippen molar-refractivity contribution in [2.75, 3.05) is 13.1 Å². The van der Waals surface area contributed by atoms with Gasteiger partial charge in [-0.3, -0.25) is 4.90 Å². The highest BCUT2D eigenvalue weighted by molar-refractivity contribution is 6.30. The molecule has 26 heavy (non-hydrogen) atoms. The summed E-state index contributed by atoms with van der Waals surface area (Å²) in [5.74, 6) is 0. The van der Waals surface area contributed by atoms with Crippen LogP contribution in [0.1, 0.15) is 36.1 Å². The maximum Gasteiger partial charge on any atom is 0.0483 e. The maximum absolute atomic E-state index is 6.03. The van der Waals surface area contributed by atoms with Crippen LogP contribution < -0.4 is 0 Å². The van der Waals surface area contributed by atoms with Gasteiger partial charge in [-0.2, -0.15) is 0 Å². The molecule has 3 aromatic rings. The van der Waals surface area contributed by atoms with E-state index in [0.29, 0.717) is 0 Å². The number of nitrogens with zero attached hydrogens (tertiary/aromatic N) is 2. The molecule has 0 spiro atoms. The van der Waals surface area contributed by atoms with Crippen LogP contribution in [0.3, 0.4) is 0 Å². The molecule has 0 atom stereocenters. The van der Waals surface area contributed by atoms with Gasteiger partial charge in [0.1, 0.15) is 0 Å². The largest absolute Gasteiger partial charge is 0.347 e. The van der Waals surface area contributed by atoms with Crippen molar-refractivity contribution in [3.63, 3.8) is 0 Å². The Labute approximate surface area is 161 Å². The van der Waals surface area contributed by atoms with Crippen LogP contribution in [0, 0.1) is 0 Å². The lowest BCUT2D eigenvalue weighted by atomic mass is 10.0. The molecule has 2 nitrogen and oxygen atoms in total. The minimum Gasteiger partial charge on any atom is -0.347 e. The highest BCUT2D eigenvalue weighted by Gasteiger charge is 2.18. The fourth-order valence-electron chi connectivity index (χ4n) is 4.27. The number of aromatic nitrogens is 1. The van der Waals surface area contributed by atoms with Crippen LogP contribution in [0.4, 0.5) is 0 Å². The molecule has 0 saturated carbocycles. The number of hydrogen-bond acceptors (Lipinski definition) is 1. The Morgan fingerprint density at radius 1 is 0.885 bits per heavy atom. The third kappa shape index (κ3) is 3.67. The van der Waals surface area contributed by atoms with Crippen molar-refractivity contribution >= 4 is 22.5 Å². The van der Waals surface area contributed by atoms with E-state index >= 15 is 0 Å². The summed E-state index contributed by atoms with van der Waals surface area (Å²) in [7, 11) is 2.22. The first-order chi connectivity index (χ1) is 12.7. The number of benzene rings is 2. The van der Waals surface area contributed by atoms with Crippen molar-refractivity contribution in [3.8, 4) is 0 Å². The van der Waals surface area contributed by atoms with Crippen molar-refractivity contribution < 1.29 is 0 Å². The summed E-state index contributed by atoms with van der Waals surface area (Å²) in [4.78, 5) is 2.64. The third-order valence-corrected chi connectivity index (χ3v) is 5.99. The van der Waals surface area contributed by atoms with E-state index in [0.717, 1.165) is 24.4 Å². The van der Waals surface area contributed by atoms with Crippen LogP contribution in [-0.2, 0) is 26.4 Å². The zero-order valence-electron chi connectivity index (χ0n) is 15.5. The van der Waals surface area contributed by atoms with E-state index in [1.165, 1.54) is 60.1 Å². The quantitative estimate of drug-likeness (QED) is 0.570. The van der Waals surface area contributed by atoms with Crippen LogP contribution in [0.25, 0.3) is 10.9 Å². The summed E-state index contributed by atoms with van der Waals surface area (Å²) < 4.78 is 2.41. The van der Waals surface area contributed by atoms with Crippen molar-refractivity contribution in [3.05, 3.63) is 70.4 Å². The number of fused-ring (bicyclic) bond motifs is 1. The molecule has 136 valence electrons. The number of aryl methyl sites for hydroxylation is 2. The van der Waals surface area contributed by atoms with Gasteiger partial charge in [0.05, 0.1) is 0 Å². The van der Waals surface area contributed by atoms with Gasteiger partial charge in [-0.1, -0.05) is 48.4 Å².